The zero-order valence-electron chi connectivity index (χ0n) is 8.61. The largest absolute Gasteiger partial charge is 0.481 e. The van der Waals surface area contributed by atoms with Crippen LogP contribution in [0.25, 0.3) is 0 Å². The van der Waals surface area contributed by atoms with Gasteiger partial charge in [0.1, 0.15) is 12.2 Å². The van der Waals surface area contributed by atoms with E-state index in [0.717, 1.165) is 25.2 Å². The van der Waals surface area contributed by atoms with Gasteiger partial charge < -0.3 is 9.52 Å². The molecule has 1 N–H and O–H groups in total. The van der Waals surface area contributed by atoms with Gasteiger partial charge in [0.05, 0.1) is 6.26 Å². The summed E-state index contributed by atoms with van der Waals surface area (Å²) in [5.41, 5.74) is 1.08. The third kappa shape index (κ3) is 2.83. The van der Waals surface area contributed by atoms with Crippen LogP contribution in [0.15, 0.2) is 16.7 Å². The van der Waals surface area contributed by atoms with E-state index < -0.39 is 5.97 Å². The van der Waals surface area contributed by atoms with Gasteiger partial charge in [0.25, 0.3) is 0 Å². The molecule has 0 unspecified atom stereocenters. The molecule has 1 aromatic heterocycles. The van der Waals surface area contributed by atoms with Gasteiger partial charge in [-0.15, -0.1) is 0 Å². The summed E-state index contributed by atoms with van der Waals surface area (Å²) in [5, 5.41) is 8.59. The van der Waals surface area contributed by atoms with Gasteiger partial charge in [-0.05, 0) is 32.0 Å². The first kappa shape index (κ1) is 10.2. The van der Waals surface area contributed by atoms with E-state index in [4.69, 9.17) is 9.52 Å². The van der Waals surface area contributed by atoms with Crippen LogP contribution >= 0.6 is 0 Å². The SMILES string of the molecule is O=C(O)Cc1cc(CN2CCCC2)co1. The van der Waals surface area contributed by atoms with Crippen molar-refractivity contribution in [2.24, 2.45) is 0 Å². The smallest absolute Gasteiger partial charge is 0.311 e. The zero-order valence-corrected chi connectivity index (χ0v) is 8.61. The Hall–Kier alpha value is -1.29. The van der Waals surface area contributed by atoms with Gasteiger partial charge in [0.15, 0.2) is 0 Å². The Labute approximate surface area is 88.5 Å². The van der Waals surface area contributed by atoms with Crippen LogP contribution in [0.2, 0.25) is 0 Å². The summed E-state index contributed by atoms with van der Waals surface area (Å²) in [7, 11) is 0. The van der Waals surface area contributed by atoms with Gasteiger partial charge in [0, 0.05) is 12.1 Å². The lowest BCUT2D eigenvalue weighted by atomic mass is 10.2. The average molecular weight is 209 g/mol. The second kappa shape index (κ2) is 4.49. The Morgan fingerprint density at radius 3 is 2.87 bits per heavy atom. The summed E-state index contributed by atoms with van der Waals surface area (Å²) in [4.78, 5) is 12.8. The first-order valence-electron chi connectivity index (χ1n) is 5.24. The number of rotatable bonds is 4. The minimum Gasteiger partial charge on any atom is -0.481 e. The third-order valence-corrected chi connectivity index (χ3v) is 2.64. The van der Waals surface area contributed by atoms with Crippen molar-refractivity contribution >= 4 is 5.97 Å². The lowest BCUT2D eigenvalue weighted by Crippen LogP contribution is -2.17. The van der Waals surface area contributed by atoms with Gasteiger partial charge in [-0.1, -0.05) is 0 Å². The molecule has 82 valence electrons. The predicted molar refractivity (Wildman–Crippen MR) is 54.6 cm³/mol. The molecule has 0 spiro atoms. The molecule has 0 radical (unpaired) electrons. The number of carboxylic acid groups (broad SMARTS) is 1. The highest BCUT2D eigenvalue weighted by atomic mass is 16.4. The molecule has 0 saturated carbocycles. The number of hydrogen-bond donors (Lipinski definition) is 1. The van der Waals surface area contributed by atoms with Gasteiger partial charge in [-0.25, -0.2) is 0 Å². The van der Waals surface area contributed by atoms with Gasteiger partial charge in [-0.3, -0.25) is 9.69 Å². The quantitative estimate of drug-likeness (QED) is 0.816. The van der Waals surface area contributed by atoms with E-state index >= 15 is 0 Å². The first-order valence-corrected chi connectivity index (χ1v) is 5.24. The number of carbonyl (C=O) groups is 1. The number of aliphatic carboxylic acids is 1. The van der Waals surface area contributed by atoms with Crippen molar-refractivity contribution in [3.8, 4) is 0 Å². The monoisotopic (exact) mass is 209 g/mol. The molecule has 1 aliphatic heterocycles. The number of hydrogen-bond acceptors (Lipinski definition) is 3. The fourth-order valence-electron chi connectivity index (χ4n) is 1.95. The van der Waals surface area contributed by atoms with E-state index in [1.165, 1.54) is 12.8 Å². The lowest BCUT2D eigenvalue weighted by Gasteiger charge is -2.11. The molecule has 0 aromatic carbocycles. The molecule has 1 fully saturated rings. The molecule has 0 bridgehead atoms. The molecule has 1 aliphatic rings. The van der Waals surface area contributed by atoms with Crippen molar-refractivity contribution in [1.29, 1.82) is 0 Å². The van der Waals surface area contributed by atoms with Crippen molar-refractivity contribution in [2.45, 2.75) is 25.8 Å². The van der Waals surface area contributed by atoms with E-state index in [-0.39, 0.29) is 6.42 Å². The third-order valence-electron chi connectivity index (χ3n) is 2.64. The number of likely N-dealkylation sites (tertiary alicyclic amines) is 1. The standard InChI is InChI=1S/C11H15NO3/c13-11(14)6-10-5-9(8-15-10)7-12-3-1-2-4-12/h5,8H,1-4,6-7H2,(H,13,14). The number of nitrogens with zero attached hydrogens (tertiary/aromatic N) is 1. The van der Waals surface area contributed by atoms with E-state index in [2.05, 4.69) is 4.90 Å². The Kier molecular flexibility index (Phi) is 3.06. The molecule has 1 aromatic rings. The summed E-state index contributed by atoms with van der Waals surface area (Å²) in [6.45, 7) is 3.15. The first-order chi connectivity index (χ1) is 7.24. The maximum absolute atomic E-state index is 10.5. The van der Waals surface area contributed by atoms with Crippen LogP contribution in [0, 0.1) is 0 Å². The van der Waals surface area contributed by atoms with Crippen LogP contribution in [0.3, 0.4) is 0 Å². The molecule has 4 nitrogen and oxygen atoms in total. The molecule has 0 atom stereocenters. The molecule has 0 amide bonds. The molecule has 2 heterocycles. The van der Waals surface area contributed by atoms with Crippen molar-refractivity contribution in [3.63, 3.8) is 0 Å². The maximum atomic E-state index is 10.5. The topological polar surface area (TPSA) is 53.7 Å². The van der Waals surface area contributed by atoms with Crippen molar-refractivity contribution in [2.75, 3.05) is 13.1 Å². The van der Waals surface area contributed by atoms with Gasteiger partial charge in [-0.2, -0.15) is 0 Å². The summed E-state index contributed by atoms with van der Waals surface area (Å²) in [6, 6.07) is 1.84. The molecule has 1 saturated heterocycles. The van der Waals surface area contributed by atoms with E-state index in [0.29, 0.717) is 5.76 Å². The van der Waals surface area contributed by atoms with E-state index in [1.54, 1.807) is 6.26 Å². The van der Waals surface area contributed by atoms with Crippen molar-refractivity contribution < 1.29 is 14.3 Å². The number of carboxylic acids is 1. The Balaban J connectivity index is 1.91. The Bertz CT molecular complexity index is 339. The van der Waals surface area contributed by atoms with Crippen molar-refractivity contribution in [3.05, 3.63) is 23.7 Å². The van der Waals surface area contributed by atoms with Crippen LogP contribution in [0.5, 0.6) is 0 Å². The van der Waals surface area contributed by atoms with Crippen LogP contribution in [-0.4, -0.2) is 29.1 Å². The average Bonchev–Trinajstić information content (AvgIpc) is 2.77. The predicted octanol–water partition coefficient (Wildman–Crippen LogP) is 1.50. The normalized spacial score (nSPS) is 17.1. The fraction of sp³-hybridized carbons (Fsp3) is 0.545. The molecular formula is C11H15NO3. The lowest BCUT2D eigenvalue weighted by molar-refractivity contribution is -0.136. The highest BCUT2D eigenvalue weighted by Gasteiger charge is 2.13. The van der Waals surface area contributed by atoms with Crippen LogP contribution in [0.4, 0.5) is 0 Å². The fourth-order valence-corrected chi connectivity index (χ4v) is 1.95. The molecule has 4 heteroatoms. The van der Waals surface area contributed by atoms with Gasteiger partial charge >= 0.3 is 5.97 Å². The van der Waals surface area contributed by atoms with Crippen LogP contribution in [0.1, 0.15) is 24.2 Å². The summed E-state index contributed by atoms with van der Waals surface area (Å²) in [5.74, 6) is -0.311. The highest BCUT2D eigenvalue weighted by molar-refractivity contribution is 5.69. The summed E-state index contributed by atoms with van der Waals surface area (Å²) >= 11 is 0. The van der Waals surface area contributed by atoms with Crippen LogP contribution in [-0.2, 0) is 17.8 Å². The Morgan fingerprint density at radius 1 is 1.47 bits per heavy atom. The van der Waals surface area contributed by atoms with Crippen molar-refractivity contribution in [1.82, 2.24) is 4.90 Å². The minimum absolute atomic E-state index is 0.0278. The van der Waals surface area contributed by atoms with E-state index in [9.17, 15) is 4.79 Å². The summed E-state index contributed by atoms with van der Waals surface area (Å²) < 4.78 is 5.18. The molecule has 2 rings (SSSR count). The molecule has 15 heavy (non-hydrogen) atoms. The number of furan rings is 1. The van der Waals surface area contributed by atoms with Crippen LogP contribution < -0.4 is 0 Å². The second-order valence-electron chi connectivity index (χ2n) is 3.98. The molecule has 0 aliphatic carbocycles. The minimum atomic E-state index is -0.850. The second-order valence-corrected chi connectivity index (χ2v) is 3.98. The maximum Gasteiger partial charge on any atom is 0.311 e. The molecular weight excluding hydrogens is 194 g/mol. The summed E-state index contributed by atoms with van der Waals surface area (Å²) in [6.07, 6.45) is 4.16. The highest BCUT2D eigenvalue weighted by Crippen LogP contribution is 2.15. The Morgan fingerprint density at radius 2 is 2.20 bits per heavy atom. The van der Waals surface area contributed by atoms with Gasteiger partial charge in [0.2, 0.25) is 0 Å². The van der Waals surface area contributed by atoms with E-state index in [1.807, 2.05) is 6.07 Å². The zero-order chi connectivity index (χ0) is 10.7.